The summed E-state index contributed by atoms with van der Waals surface area (Å²) in [5.74, 6) is 1.00. The van der Waals surface area contributed by atoms with E-state index in [1.807, 2.05) is 0 Å². The zero-order valence-corrected chi connectivity index (χ0v) is 9.24. The topological polar surface area (TPSA) is 23.8 Å². The molecule has 1 saturated carbocycles. The molecule has 0 bridgehead atoms. The third kappa shape index (κ3) is 2.39. The Bertz CT molecular complexity index is 350. The third-order valence-electron chi connectivity index (χ3n) is 3.46. The molecule has 0 heterocycles. The van der Waals surface area contributed by atoms with Gasteiger partial charge in [-0.05, 0) is 44.1 Å². The second-order valence-corrected chi connectivity index (χ2v) is 4.59. The van der Waals surface area contributed by atoms with Crippen LogP contribution in [0.5, 0.6) is 0 Å². The van der Waals surface area contributed by atoms with Crippen LogP contribution in [0.15, 0.2) is 24.3 Å². The van der Waals surface area contributed by atoms with Crippen LogP contribution in [0, 0.1) is 24.2 Å². The Hall–Kier alpha value is -1.29. The van der Waals surface area contributed by atoms with Gasteiger partial charge in [-0.1, -0.05) is 29.8 Å². The first kappa shape index (κ1) is 10.2. The highest BCUT2D eigenvalue weighted by molar-refractivity contribution is 5.25. The van der Waals surface area contributed by atoms with Gasteiger partial charge in [-0.15, -0.1) is 0 Å². The smallest absolute Gasteiger partial charge is 0.0655 e. The van der Waals surface area contributed by atoms with Gasteiger partial charge in [0, 0.05) is 5.92 Å². The van der Waals surface area contributed by atoms with Crippen molar-refractivity contribution < 1.29 is 0 Å². The highest BCUT2D eigenvalue weighted by Crippen LogP contribution is 2.35. The summed E-state index contributed by atoms with van der Waals surface area (Å²) in [5, 5.41) is 8.83. The maximum absolute atomic E-state index is 8.83. The molecule has 0 aliphatic heterocycles. The number of hydrogen-bond acceptors (Lipinski definition) is 1. The standard InChI is InChI=1S/C14H17N/c1-11-2-6-13(7-3-11)14-8-4-12(10-15)5-9-14/h2-3,6-7,12,14H,4-5,8-9H2,1H3. The van der Waals surface area contributed by atoms with Crippen LogP contribution < -0.4 is 0 Å². The molecule has 15 heavy (non-hydrogen) atoms. The lowest BCUT2D eigenvalue weighted by Crippen LogP contribution is -2.11. The SMILES string of the molecule is Cc1ccc(C2CCC(C#N)CC2)cc1. The quantitative estimate of drug-likeness (QED) is 0.675. The van der Waals surface area contributed by atoms with Gasteiger partial charge in [-0.3, -0.25) is 0 Å². The van der Waals surface area contributed by atoms with E-state index in [1.54, 1.807) is 0 Å². The molecule has 0 unspecified atom stereocenters. The Balaban J connectivity index is 2.02. The van der Waals surface area contributed by atoms with Crippen molar-refractivity contribution in [1.29, 1.82) is 5.26 Å². The first-order valence-corrected chi connectivity index (χ1v) is 5.76. The molecule has 1 fully saturated rings. The fraction of sp³-hybridized carbons (Fsp3) is 0.500. The Morgan fingerprint density at radius 3 is 2.20 bits per heavy atom. The normalized spacial score (nSPS) is 25.9. The van der Waals surface area contributed by atoms with E-state index in [4.69, 9.17) is 5.26 Å². The first-order valence-electron chi connectivity index (χ1n) is 5.76. The summed E-state index contributed by atoms with van der Waals surface area (Å²) in [5.41, 5.74) is 2.78. The molecular weight excluding hydrogens is 182 g/mol. The van der Waals surface area contributed by atoms with Gasteiger partial charge in [0.15, 0.2) is 0 Å². The highest BCUT2D eigenvalue weighted by atomic mass is 14.3. The van der Waals surface area contributed by atoms with Gasteiger partial charge in [-0.2, -0.15) is 5.26 Å². The molecule has 1 aliphatic carbocycles. The van der Waals surface area contributed by atoms with Crippen LogP contribution in [0.3, 0.4) is 0 Å². The predicted octanol–water partition coefficient (Wildman–Crippen LogP) is 3.79. The Labute approximate surface area is 91.7 Å². The van der Waals surface area contributed by atoms with E-state index in [9.17, 15) is 0 Å². The molecule has 0 radical (unpaired) electrons. The molecule has 1 heteroatoms. The number of nitrogens with zero attached hydrogens (tertiary/aromatic N) is 1. The monoisotopic (exact) mass is 199 g/mol. The Kier molecular flexibility index (Phi) is 3.06. The minimum Gasteiger partial charge on any atom is -0.198 e. The molecule has 1 aliphatic rings. The first-order chi connectivity index (χ1) is 7.29. The molecule has 78 valence electrons. The van der Waals surface area contributed by atoms with Crippen LogP contribution in [-0.2, 0) is 0 Å². The summed E-state index contributed by atoms with van der Waals surface area (Å²) < 4.78 is 0. The van der Waals surface area contributed by atoms with Crippen LogP contribution in [0.25, 0.3) is 0 Å². The second kappa shape index (κ2) is 4.49. The van der Waals surface area contributed by atoms with Gasteiger partial charge in [0.1, 0.15) is 0 Å². The fourth-order valence-electron chi connectivity index (χ4n) is 2.39. The van der Waals surface area contributed by atoms with E-state index < -0.39 is 0 Å². The Morgan fingerprint density at radius 1 is 1.07 bits per heavy atom. The summed E-state index contributed by atoms with van der Waals surface area (Å²) in [7, 11) is 0. The maximum Gasteiger partial charge on any atom is 0.0655 e. The molecule has 0 N–H and O–H groups in total. The van der Waals surface area contributed by atoms with Crippen LogP contribution >= 0.6 is 0 Å². The molecule has 1 aromatic carbocycles. The van der Waals surface area contributed by atoms with Gasteiger partial charge < -0.3 is 0 Å². The summed E-state index contributed by atoms with van der Waals surface area (Å²) in [6, 6.07) is 11.2. The van der Waals surface area contributed by atoms with E-state index in [-0.39, 0.29) is 0 Å². The van der Waals surface area contributed by atoms with Crippen molar-refractivity contribution in [3.05, 3.63) is 35.4 Å². The minimum absolute atomic E-state index is 0.312. The van der Waals surface area contributed by atoms with Gasteiger partial charge in [0.25, 0.3) is 0 Å². The van der Waals surface area contributed by atoms with E-state index in [0.717, 1.165) is 12.8 Å². The minimum atomic E-state index is 0.312. The summed E-state index contributed by atoms with van der Waals surface area (Å²) in [6.45, 7) is 2.12. The summed E-state index contributed by atoms with van der Waals surface area (Å²) >= 11 is 0. The van der Waals surface area contributed by atoms with Gasteiger partial charge in [0.2, 0.25) is 0 Å². The zero-order valence-electron chi connectivity index (χ0n) is 9.24. The van der Waals surface area contributed by atoms with Crippen molar-refractivity contribution in [3.63, 3.8) is 0 Å². The molecule has 1 nitrogen and oxygen atoms in total. The molecule has 0 spiro atoms. The Morgan fingerprint density at radius 2 is 1.67 bits per heavy atom. The van der Waals surface area contributed by atoms with E-state index in [0.29, 0.717) is 11.8 Å². The van der Waals surface area contributed by atoms with Crippen molar-refractivity contribution in [3.8, 4) is 6.07 Å². The predicted molar refractivity (Wildman–Crippen MR) is 61.5 cm³/mol. The molecule has 2 rings (SSSR count). The molecule has 0 aromatic heterocycles. The van der Waals surface area contributed by atoms with Crippen molar-refractivity contribution in [2.75, 3.05) is 0 Å². The van der Waals surface area contributed by atoms with Crippen LogP contribution in [-0.4, -0.2) is 0 Å². The number of aryl methyl sites for hydroxylation is 1. The lowest BCUT2D eigenvalue weighted by Gasteiger charge is -2.25. The van der Waals surface area contributed by atoms with Crippen molar-refractivity contribution in [2.24, 2.45) is 5.92 Å². The van der Waals surface area contributed by atoms with E-state index >= 15 is 0 Å². The molecule has 0 atom stereocenters. The molecular formula is C14H17N. The van der Waals surface area contributed by atoms with Crippen LogP contribution in [0.4, 0.5) is 0 Å². The van der Waals surface area contributed by atoms with Crippen LogP contribution in [0.1, 0.15) is 42.7 Å². The highest BCUT2D eigenvalue weighted by Gasteiger charge is 2.21. The van der Waals surface area contributed by atoms with E-state index in [1.165, 1.54) is 24.0 Å². The van der Waals surface area contributed by atoms with Gasteiger partial charge in [-0.25, -0.2) is 0 Å². The summed E-state index contributed by atoms with van der Waals surface area (Å²) in [6.07, 6.45) is 4.52. The maximum atomic E-state index is 8.83. The zero-order chi connectivity index (χ0) is 10.7. The number of nitriles is 1. The van der Waals surface area contributed by atoms with Crippen LogP contribution in [0.2, 0.25) is 0 Å². The van der Waals surface area contributed by atoms with Crippen molar-refractivity contribution in [2.45, 2.75) is 38.5 Å². The van der Waals surface area contributed by atoms with E-state index in [2.05, 4.69) is 37.3 Å². The average molecular weight is 199 g/mol. The molecule has 0 saturated heterocycles. The number of rotatable bonds is 1. The van der Waals surface area contributed by atoms with Gasteiger partial charge in [0.05, 0.1) is 6.07 Å². The number of benzene rings is 1. The average Bonchev–Trinajstić information content (AvgIpc) is 2.30. The summed E-state index contributed by atoms with van der Waals surface area (Å²) in [4.78, 5) is 0. The van der Waals surface area contributed by atoms with Crippen molar-refractivity contribution >= 4 is 0 Å². The van der Waals surface area contributed by atoms with Gasteiger partial charge >= 0.3 is 0 Å². The lowest BCUT2D eigenvalue weighted by atomic mass is 9.79. The van der Waals surface area contributed by atoms with Crippen molar-refractivity contribution in [1.82, 2.24) is 0 Å². The lowest BCUT2D eigenvalue weighted by molar-refractivity contribution is 0.382. The number of hydrogen-bond donors (Lipinski definition) is 0. The fourth-order valence-corrected chi connectivity index (χ4v) is 2.39. The third-order valence-corrected chi connectivity index (χ3v) is 3.46. The molecule has 0 amide bonds. The second-order valence-electron chi connectivity index (χ2n) is 4.59. The largest absolute Gasteiger partial charge is 0.198 e. The molecule has 1 aromatic rings.